The highest BCUT2D eigenvalue weighted by atomic mass is 16.5. The molecule has 0 saturated carbocycles. The fraction of sp³-hybridized carbons (Fsp3) is 0.959. The summed E-state index contributed by atoms with van der Waals surface area (Å²) < 4.78 is 17.8. The van der Waals surface area contributed by atoms with E-state index in [4.69, 9.17) is 14.2 Å². The molecule has 6 heteroatoms. The molecule has 1 rings (SSSR count). The Bertz CT molecular complexity index is 754. The number of hydrogen-bond acceptors (Lipinski definition) is 6. The van der Waals surface area contributed by atoms with Gasteiger partial charge in [0.15, 0.2) is 0 Å². The zero-order valence-electron chi connectivity index (χ0n) is 37.5. The molecule has 1 aliphatic rings. The summed E-state index contributed by atoms with van der Waals surface area (Å²) in [4.78, 5) is 27.3. The Balaban J connectivity index is 2.21. The first-order valence-corrected chi connectivity index (χ1v) is 24.7. The molecule has 0 aromatic carbocycles. The van der Waals surface area contributed by atoms with E-state index < -0.39 is 0 Å². The van der Waals surface area contributed by atoms with E-state index in [1.807, 2.05) is 0 Å². The zero-order chi connectivity index (χ0) is 39.9. The lowest BCUT2D eigenvalue weighted by Gasteiger charge is -2.21. The average molecular weight is 778 g/mol. The molecule has 0 radical (unpaired) electrons. The number of hydrogen-bond donors (Lipinski definition) is 0. The molecule has 0 aromatic rings. The molecule has 1 fully saturated rings. The van der Waals surface area contributed by atoms with Crippen molar-refractivity contribution in [1.29, 1.82) is 0 Å². The van der Waals surface area contributed by atoms with E-state index in [-0.39, 0.29) is 11.9 Å². The van der Waals surface area contributed by atoms with Crippen molar-refractivity contribution in [2.75, 3.05) is 39.5 Å². The molecule has 0 N–H and O–H groups in total. The van der Waals surface area contributed by atoms with Gasteiger partial charge in [0.1, 0.15) is 0 Å². The minimum absolute atomic E-state index is 0.00181. The Hall–Kier alpha value is -1.14. The highest BCUT2D eigenvalue weighted by molar-refractivity contribution is 5.69. The fourth-order valence-electron chi connectivity index (χ4n) is 8.43. The van der Waals surface area contributed by atoms with Crippen molar-refractivity contribution in [3.63, 3.8) is 0 Å². The quantitative estimate of drug-likeness (QED) is 0.0454. The van der Waals surface area contributed by atoms with Crippen LogP contribution in [0.3, 0.4) is 0 Å². The van der Waals surface area contributed by atoms with E-state index in [0.717, 1.165) is 64.5 Å². The third kappa shape index (κ3) is 33.5. The van der Waals surface area contributed by atoms with Gasteiger partial charge in [-0.25, -0.2) is 0 Å². The molecule has 0 aliphatic carbocycles. The SMILES string of the molecule is CCCCCC(CCCCC)CCOC(=O)CCCCCCCC(CCCCCCCC(=O)OCCC(CCCCC)CCCCC)OCCN1CCCC1. The highest BCUT2D eigenvalue weighted by Gasteiger charge is 2.15. The first-order valence-electron chi connectivity index (χ1n) is 24.7. The summed E-state index contributed by atoms with van der Waals surface area (Å²) in [6, 6.07) is 0. The number of carbonyl (C=O) groups excluding carboxylic acids is 2. The lowest BCUT2D eigenvalue weighted by molar-refractivity contribution is -0.145. The Labute approximate surface area is 343 Å². The number of rotatable bonds is 42. The van der Waals surface area contributed by atoms with Crippen LogP contribution in [0.5, 0.6) is 0 Å². The number of esters is 2. The minimum Gasteiger partial charge on any atom is -0.466 e. The van der Waals surface area contributed by atoms with Gasteiger partial charge in [-0.05, 0) is 76.3 Å². The summed E-state index contributed by atoms with van der Waals surface area (Å²) in [7, 11) is 0. The second-order valence-electron chi connectivity index (χ2n) is 17.4. The minimum atomic E-state index is 0.00181. The van der Waals surface area contributed by atoms with Gasteiger partial charge in [0, 0.05) is 19.4 Å². The summed E-state index contributed by atoms with van der Waals surface area (Å²) >= 11 is 0. The molecule has 0 atom stereocenters. The van der Waals surface area contributed by atoms with Gasteiger partial charge >= 0.3 is 11.9 Å². The summed E-state index contributed by atoms with van der Waals surface area (Å²) in [5, 5.41) is 0. The second-order valence-corrected chi connectivity index (χ2v) is 17.4. The lowest BCUT2D eigenvalue weighted by Crippen LogP contribution is -2.26. The number of nitrogens with zero attached hydrogens (tertiary/aromatic N) is 1. The van der Waals surface area contributed by atoms with Crippen LogP contribution in [-0.2, 0) is 23.8 Å². The maximum atomic E-state index is 12.4. The van der Waals surface area contributed by atoms with E-state index in [1.54, 1.807) is 0 Å². The first kappa shape index (κ1) is 51.9. The lowest BCUT2D eigenvalue weighted by atomic mass is 9.92. The standard InChI is InChI=1S/C49H95NO5/c1-5-9-19-29-45(30-20-10-6-2)37-42-54-48(51)35-25-17-13-15-23-33-47(53-44-41-50-39-27-28-40-50)34-24-16-14-18-26-36-49(52)55-43-38-46(31-21-11-7-3)32-22-12-8-4/h45-47H,5-44H2,1-4H3. The second kappa shape index (κ2) is 39.7. The molecule has 1 aliphatic heterocycles. The average Bonchev–Trinajstić information content (AvgIpc) is 3.70. The summed E-state index contributed by atoms with van der Waals surface area (Å²) in [6.07, 6.45) is 40.6. The monoisotopic (exact) mass is 778 g/mol. The van der Waals surface area contributed by atoms with E-state index in [0.29, 0.717) is 44.0 Å². The Morgan fingerprint density at radius 2 is 0.800 bits per heavy atom. The van der Waals surface area contributed by atoms with Crippen LogP contribution < -0.4 is 0 Å². The van der Waals surface area contributed by atoms with Crippen molar-refractivity contribution < 1.29 is 23.8 Å². The summed E-state index contributed by atoms with van der Waals surface area (Å²) in [5.41, 5.74) is 0. The maximum absolute atomic E-state index is 12.4. The van der Waals surface area contributed by atoms with Gasteiger partial charge in [-0.1, -0.05) is 182 Å². The molecule has 0 aromatic heterocycles. The molecule has 0 unspecified atom stereocenters. The van der Waals surface area contributed by atoms with Gasteiger partial charge in [-0.3, -0.25) is 9.59 Å². The first-order chi connectivity index (χ1) is 27.0. The highest BCUT2D eigenvalue weighted by Crippen LogP contribution is 2.23. The number of likely N-dealkylation sites (tertiary alicyclic amines) is 1. The smallest absolute Gasteiger partial charge is 0.305 e. The number of ether oxygens (including phenoxy) is 3. The molecule has 0 bridgehead atoms. The molecule has 326 valence electrons. The number of carbonyl (C=O) groups is 2. The van der Waals surface area contributed by atoms with E-state index in [9.17, 15) is 9.59 Å². The maximum Gasteiger partial charge on any atom is 0.305 e. The Kier molecular flexibility index (Phi) is 37.4. The van der Waals surface area contributed by atoms with Crippen molar-refractivity contribution in [3.8, 4) is 0 Å². The summed E-state index contributed by atoms with van der Waals surface area (Å²) in [5.74, 6) is 1.44. The van der Waals surface area contributed by atoms with Gasteiger partial charge in [-0.2, -0.15) is 0 Å². The third-order valence-electron chi connectivity index (χ3n) is 12.2. The van der Waals surface area contributed by atoms with Crippen LogP contribution >= 0.6 is 0 Å². The van der Waals surface area contributed by atoms with E-state index in [1.165, 1.54) is 167 Å². The molecular formula is C49H95NO5. The van der Waals surface area contributed by atoms with Crippen molar-refractivity contribution >= 4 is 11.9 Å². The predicted octanol–water partition coefficient (Wildman–Crippen LogP) is 14.3. The molecule has 0 spiro atoms. The van der Waals surface area contributed by atoms with Crippen molar-refractivity contribution in [3.05, 3.63) is 0 Å². The molecule has 55 heavy (non-hydrogen) atoms. The van der Waals surface area contributed by atoms with Crippen LogP contribution in [0.15, 0.2) is 0 Å². The predicted molar refractivity (Wildman–Crippen MR) is 235 cm³/mol. The molecule has 1 heterocycles. The van der Waals surface area contributed by atoms with Crippen LogP contribution in [0.25, 0.3) is 0 Å². The zero-order valence-corrected chi connectivity index (χ0v) is 37.5. The van der Waals surface area contributed by atoms with Crippen LogP contribution in [0.1, 0.15) is 246 Å². The van der Waals surface area contributed by atoms with E-state index in [2.05, 4.69) is 32.6 Å². The van der Waals surface area contributed by atoms with Crippen LogP contribution in [0.4, 0.5) is 0 Å². The van der Waals surface area contributed by atoms with Gasteiger partial charge in [0.25, 0.3) is 0 Å². The van der Waals surface area contributed by atoms with Gasteiger partial charge in [0.05, 0.1) is 25.9 Å². The normalized spacial score (nSPS) is 13.5. The van der Waals surface area contributed by atoms with Gasteiger partial charge < -0.3 is 19.1 Å². The topological polar surface area (TPSA) is 65.1 Å². The van der Waals surface area contributed by atoms with Crippen molar-refractivity contribution in [2.24, 2.45) is 11.8 Å². The Morgan fingerprint density at radius 3 is 1.20 bits per heavy atom. The third-order valence-corrected chi connectivity index (χ3v) is 12.2. The van der Waals surface area contributed by atoms with Gasteiger partial charge in [-0.15, -0.1) is 0 Å². The molecule has 1 saturated heterocycles. The van der Waals surface area contributed by atoms with Gasteiger partial charge in [0.2, 0.25) is 0 Å². The number of unbranched alkanes of at least 4 members (excludes halogenated alkanes) is 16. The summed E-state index contributed by atoms with van der Waals surface area (Å²) in [6.45, 7) is 14.7. The van der Waals surface area contributed by atoms with Crippen LogP contribution in [0.2, 0.25) is 0 Å². The van der Waals surface area contributed by atoms with Crippen molar-refractivity contribution in [1.82, 2.24) is 4.90 Å². The van der Waals surface area contributed by atoms with Crippen molar-refractivity contribution in [2.45, 2.75) is 252 Å². The molecule has 6 nitrogen and oxygen atoms in total. The molecule has 0 amide bonds. The van der Waals surface area contributed by atoms with Crippen LogP contribution in [-0.4, -0.2) is 62.4 Å². The largest absolute Gasteiger partial charge is 0.466 e. The van der Waals surface area contributed by atoms with Crippen LogP contribution in [0, 0.1) is 11.8 Å². The Morgan fingerprint density at radius 1 is 0.436 bits per heavy atom. The van der Waals surface area contributed by atoms with E-state index >= 15 is 0 Å². The fourth-order valence-corrected chi connectivity index (χ4v) is 8.43. The molecular weight excluding hydrogens is 683 g/mol.